The molecule has 0 aromatic heterocycles. The molecule has 2 heteroatoms. The maximum absolute atomic E-state index is 9.45. The van der Waals surface area contributed by atoms with E-state index in [1.165, 1.54) is 12.1 Å². The molecule has 1 N–H and O–H groups in total. The first-order chi connectivity index (χ1) is 7.48. The Balaban J connectivity index is 2.11. The fourth-order valence-corrected chi connectivity index (χ4v) is 2.30. The van der Waals surface area contributed by atoms with E-state index in [-0.39, 0.29) is 6.10 Å². The lowest BCUT2D eigenvalue weighted by atomic mass is 9.93. The molecule has 1 aliphatic rings. The molecule has 1 aliphatic heterocycles. The molecule has 1 aromatic rings. The van der Waals surface area contributed by atoms with Gasteiger partial charge in [-0.2, -0.15) is 0 Å². The average Bonchev–Trinajstić information content (AvgIpc) is 2.59. The third-order valence-electron chi connectivity index (χ3n) is 3.42. The summed E-state index contributed by atoms with van der Waals surface area (Å²) in [4.78, 5) is 2.42. The summed E-state index contributed by atoms with van der Waals surface area (Å²) in [5.41, 5.74) is 2.69. The van der Waals surface area contributed by atoms with Crippen molar-refractivity contribution < 1.29 is 5.11 Å². The van der Waals surface area contributed by atoms with E-state index in [2.05, 4.69) is 30.9 Å². The molecule has 1 saturated heterocycles. The molecule has 1 fully saturated rings. The van der Waals surface area contributed by atoms with E-state index >= 15 is 0 Å². The predicted octanol–water partition coefficient (Wildman–Crippen LogP) is 2.98. The fraction of sp³-hybridized carbons (Fsp3) is 0.571. The Morgan fingerprint density at radius 3 is 2.31 bits per heavy atom. The van der Waals surface area contributed by atoms with Crippen molar-refractivity contribution in [2.45, 2.75) is 33.3 Å². The van der Waals surface area contributed by atoms with Crippen LogP contribution in [-0.4, -0.2) is 18.2 Å². The van der Waals surface area contributed by atoms with Gasteiger partial charge in [-0.3, -0.25) is 0 Å². The van der Waals surface area contributed by atoms with Gasteiger partial charge in [0, 0.05) is 18.8 Å². The predicted molar refractivity (Wildman–Crippen MR) is 67.7 cm³/mol. The molecule has 1 aromatic carbocycles. The highest BCUT2D eigenvalue weighted by atomic mass is 16.3. The largest absolute Gasteiger partial charge is 0.389 e. The van der Waals surface area contributed by atoms with Gasteiger partial charge >= 0.3 is 0 Å². The van der Waals surface area contributed by atoms with Crippen molar-refractivity contribution in [1.82, 2.24) is 0 Å². The first kappa shape index (κ1) is 11.5. The quantitative estimate of drug-likeness (QED) is 0.826. The Bertz CT molecular complexity index is 354. The number of aliphatic hydroxyl groups excluding tert-OH is 1. The summed E-state index contributed by atoms with van der Waals surface area (Å²) in [5.74, 6) is 0. The van der Waals surface area contributed by atoms with Crippen LogP contribution in [0.5, 0.6) is 0 Å². The van der Waals surface area contributed by atoms with Gasteiger partial charge in [-0.25, -0.2) is 0 Å². The van der Waals surface area contributed by atoms with Crippen LogP contribution in [0.3, 0.4) is 0 Å². The number of hydrogen-bond acceptors (Lipinski definition) is 2. The maximum Gasteiger partial charge on any atom is 0.0761 e. The van der Waals surface area contributed by atoms with Crippen LogP contribution in [-0.2, 0) is 0 Å². The zero-order valence-electron chi connectivity index (χ0n) is 10.4. The molecule has 2 rings (SSSR count). The number of nitrogens with zero attached hydrogens (tertiary/aromatic N) is 1. The SMILES string of the molecule is C[C@H](O)c1ccc(N2CCC(C)(C)C2)cc1. The van der Waals surface area contributed by atoms with Crippen LogP contribution in [0.1, 0.15) is 38.9 Å². The maximum atomic E-state index is 9.45. The van der Waals surface area contributed by atoms with Gasteiger partial charge < -0.3 is 10.0 Å². The molecule has 0 aliphatic carbocycles. The van der Waals surface area contributed by atoms with Gasteiger partial charge in [0.15, 0.2) is 0 Å². The van der Waals surface area contributed by atoms with Crippen LogP contribution < -0.4 is 4.90 Å². The van der Waals surface area contributed by atoms with Gasteiger partial charge in [-0.15, -0.1) is 0 Å². The van der Waals surface area contributed by atoms with Crippen LogP contribution in [0.2, 0.25) is 0 Å². The molecule has 0 saturated carbocycles. The van der Waals surface area contributed by atoms with Gasteiger partial charge in [0.2, 0.25) is 0 Å². The monoisotopic (exact) mass is 219 g/mol. The standard InChI is InChI=1S/C14H21NO/c1-11(16)12-4-6-13(7-5-12)15-9-8-14(2,3)10-15/h4-7,11,16H,8-10H2,1-3H3/t11-/m0/s1. The van der Waals surface area contributed by atoms with E-state index < -0.39 is 0 Å². The molecule has 1 heterocycles. The lowest BCUT2D eigenvalue weighted by molar-refractivity contribution is 0.199. The van der Waals surface area contributed by atoms with Crippen LogP contribution >= 0.6 is 0 Å². The molecule has 0 bridgehead atoms. The number of hydrogen-bond donors (Lipinski definition) is 1. The van der Waals surface area contributed by atoms with Gasteiger partial charge in [0.05, 0.1) is 6.10 Å². The number of anilines is 1. The minimum absolute atomic E-state index is 0.371. The second-order valence-corrected chi connectivity index (χ2v) is 5.60. The van der Waals surface area contributed by atoms with Gasteiger partial charge in [0.25, 0.3) is 0 Å². The first-order valence-electron chi connectivity index (χ1n) is 6.01. The van der Waals surface area contributed by atoms with Gasteiger partial charge in [0.1, 0.15) is 0 Å². The summed E-state index contributed by atoms with van der Waals surface area (Å²) < 4.78 is 0. The van der Waals surface area contributed by atoms with Gasteiger partial charge in [-0.05, 0) is 36.5 Å². The van der Waals surface area contributed by atoms with Crippen molar-refractivity contribution in [2.75, 3.05) is 18.0 Å². The molecule has 0 spiro atoms. The van der Waals surface area contributed by atoms with Crippen LogP contribution in [0.15, 0.2) is 24.3 Å². The van der Waals surface area contributed by atoms with Crippen molar-refractivity contribution in [3.63, 3.8) is 0 Å². The van der Waals surface area contributed by atoms with E-state index in [1.807, 2.05) is 12.1 Å². The fourth-order valence-electron chi connectivity index (χ4n) is 2.30. The Kier molecular flexibility index (Phi) is 2.94. The summed E-state index contributed by atoms with van der Waals surface area (Å²) in [6, 6.07) is 8.27. The Hall–Kier alpha value is -1.02. The minimum atomic E-state index is -0.371. The lowest BCUT2D eigenvalue weighted by Gasteiger charge is -2.22. The van der Waals surface area contributed by atoms with Crippen molar-refractivity contribution in [3.05, 3.63) is 29.8 Å². The number of benzene rings is 1. The summed E-state index contributed by atoms with van der Waals surface area (Å²) >= 11 is 0. The van der Waals surface area contributed by atoms with Crippen molar-refractivity contribution >= 4 is 5.69 Å². The van der Waals surface area contributed by atoms with E-state index in [4.69, 9.17) is 0 Å². The van der Waals surface area contributed by atoms with Crippen LogP contribution in [0.25, 0.3) is 0 Å². The van der Waals surface area contributed by atoms with E-state index in [9.17, 15) is 5.11 Å². The summed E-state index contributed by atoms with van der Waals surface area (Å²) in [5, 5.41) is 9.45. The van der Waals surface area contributed by atoms with Crippen LogP contribution in [0.4, 0.5) is 5.69 Å². The van der Waals surface area contributed by atoms with Crippen molar-refractivity contribution in [1.29, 1.82) is 0 Å². The molecule has 88 valence electrons. The molecule has 0 amide bonds. The normalized spacial score (nSPS) is 21.1. The van der Waals surface area contributed by atoms with E-state index in [0.29, 0.717) is 5.41 Å². The zero-order chi connectivity index (χ0) is 11.8. The molecular formula is C14H21NO. The third kappa shape index (κ3) is 2.38. The topological polar surface area (TPSA) is 23.5 Å². The Morgan fingerprint density at radius 1 is 1.25 bits per heavy atom. The second-order valence-electron chi connectivity index (χ2n) is 5.60. The van der Waals surface area contributed by atoms with E-state index in [0.717, 1.165) is 18.7 Å². The smallest absolute Gasteiger partial charge is 0.0761 e. The van der Waals surface area contributed by atoms with Gasteiger partial charge in [-0.1, -0.05) is 26.0 Å². The zero-order valence-corrected chi connectivity index (χ0v) is 10.4. The van der Waals surface area contributed by atoms with E-state index in [1.54, 1.807) is 6.92 Å². The molecule has 0 unspecified atom stereocenters. The average molecular weight is 219 g/mol. The minimum Gasteiger partial charge on any atom is -0.389 e. The highest BCUT2D eigenvalue weighted by Crippen LogP contribution is 2.32. The van der Waals surface area contributed by atoms with Crippen molar-refractivity contribution in [2.24, 2.45) is 5.41 Å². The molecule has 2 nitrogen and oxygen atoms in total. The highest BCUT2D eigenvalue weighted by Gasteiger charge is 2.29. The number of rotatable bonds is 2. The first-order valence-corrected chi connectivity index (χ1v) is 6.01. The Labute approximate surface area is 97.9 Å². The summed E-state index contributed by atoms with van der Waals surface area (Å²) in [7, 11) is 0. The third-order valence-corrected chi connectivity index (χ3v) is 3.42. The van der Waals surface area contributed by atoms with Crippen LogP contribution in [0, 0.1) is 5.41 Å². The summed E-state index contributed by atoms with van der Waals surface area (Å²) in [6.07, 6.45) is 0.884. The molecule has 0 radical (unpaired) electrons. The summed E-state index contributed by atoms with van der Waals surface area (Å²) in [6.45, 7) is 8.70. The molecule has 16 heavy (non-hydrogen) atoms. The highest BCUT2D eigenvalue weighted by molar-refractivity contribution is 5.49. The van der Waals surface area contributed by atoms with Crippen molar-refractivity contribution in [3.8, 4) is 0 Å². The Morgan fingerprint density at radius 2 is 1.88 bits per heavy atom. The second kappa shape index (κ2) is 4.10. The molecule has 1 atom stereocenters. The molecular weight excluding hydrogens is 198 g/mol. The number of aliphatic hydroxyl groups is 1. The lowest BCUT2D eigenvalue weighted by Crippen LogP contribution is -2.22.